The van der Waals surface area contributed by atoms with E-state index in [1.54, 1.807) is 0 Å². The number of piperazine rings is 1. The Bertz CT molecular complexity index is 339. The molecule has 0 radical (unpaired) electrons. The lowest BCUT2D eigenvalue weighted by Crippen LogP contribution is -2.53. The van der Waals surface area contributed by atoms with Gasteiger partial charge < -0.3 is 16.2 Å². The molecule has 0 bridgehead atoms. The first-order valence-corrected chi connectivity index (χ1v) is 6.17. The van der Waals surface area contributed by atoms with Crippen LogP contribution < -0.4 is 11.1 Å². The Balaban J connectivity index is 1.98. The molecule has 0 aromatic heterocycles. The summed E-state index contributed by atoms with van der Waals surface area (Å²) in [5.74, 6) is 0. The van der Waals surface area contributed by atoms with Gasteiger partial charge >= 0.3 is 0 Å². The summed E-state index contributed by atoms with van der Waals surface area (Å²) in [5, 5.41) is 12.4. The molecule has 1 aliphatic heterocycles. The maximum atomic E-state index is 8.99. The van der Waals surface area contributed by atoms with Crippen molar-refractivity contribution >= 4 is 0 Å². The predicted octanol–water partition coefficient (Wildman–Crippen LogP) is -0.0886. The van der Waals surface area contributed by atoms with Gasteiger partial charge in [-0.2, -0.15) is 0 Å². The molecule has 1 fully saturated rings. The molecule has 4 nitrogen and oxygen atoms in total. The predicted molar refractivity (Wildman–Crippen MR) is 68.5 cm³/mol. The van der Waals surface area contributed by atoms with Crippen LogP contribution in [0.4, 0.5) is 0 Å². The van der Waals surface area contributed by atoms with Crippen molar-refractivity contribution in [3.63, 3.8) is 0 Å². The molecule has 0 spiro atoms. The second-order valence-electron chi connectivity index (χ2n) is 4.54. The molecule has 0 saturated carbocycles. The van der Waals surface area contributed by atoms with Crippen molar-refractivity contribution in [1.29, 1.82) is 0 Å². The Morgan fingerprint density at radius 3 is 2.65 bits per heavy atom. The molecule has 0 aliphatic carbocycles. The van der Waals surface area contributed by atoms with Crippen LogP contribution >= 0.6 is 0 Å². The molecule has 4 N–H and O–H groups in total. The van der Waals surface area contributed by atoms with Gasteiger partial charge in [0.25, 0.3) is 0 Å². The first-order valence-electron chi connectivity index (χ1n) is 6.17. The Kier molecular flexibility index (Phi) is 4.50. The fourth-order valence-electron chi connectivity index (χ4n) is 2.23. The topological polar surface area (TPSA) is 61.5 Å². The van der Waals surface area contributed by atoms with E-state index < -0.39 is 0 Å². The summed E-state index contributed by atoms with van der Waals surface area (Å²) in [7, 11) is 0. The number of hydrogen-bond acceptors (Lipinski definition) is 4. The average Bonchev–Trinajstić information content (AvgIpc) is 2.40. The molecule has 1 aliphatic rings. The van der Waals surface area contributed by atoms with Gasteiger partial charge in [-0.25, -0.2) is 0 Å². The highest BCUT2D eigenvalue weighted by Crippen LogP contribution is 2.11. The smallest absolute Gasteiger partial charge is 0.0681 e. The highest BCUT2D eigenvalue weighted by Gasteiger charge is 2.20. The molecule has 94 valence electrons. The number of hydrogen-bond donors (Lipinski definition) is 3. The third-order valence-corrected chi connectivity index (χ3v) is 3.34. The summed E-state index contributed by atoms with van der Waals surface area (Å²) in [6.07, 6.45) is 0. The highest BCUT2D eigenvalue weighted by molar-refractivity contribution is 5.22. The van der Waals surface area contributed by atoms with Crippen molar-refractivity contribution in [2.75, 3.05) is 26.2 Å². The van der Waals surface area contributed by atoms with Gasteiger partial charge in [0.05, 0.1) is 6.61 Å². The van der Waals surface area contributed by atoms with E-state index in [4.69, 9.17) is 10.8 Å². The minimum absolute atomic E-state index is 0.110. The van der Waals surface area contributed by atoms with Gasteiger partial charge in [0.1, 0.15) is 0 Å². The third kappa shape index (κ3) is 3.26. The van der Waals surface area contributed by atoms with Crippen LogP contribution in [0.25, 0.3) is 0 Å². The molecule has 1 saturated heterocycles. The Morgan fingerprint density at radius 1 is 1.29 bits per heavy atom. The molecule has 1 heterocycles. The highest BCUT2D eigenvalue weighted by atomic mass is 16.3. The van der Waals surface area contributed by atoms with E-state index in [1.807, 2.05) is 12.1 Å². The average molecular weight is 235 g/mol. The minimum Gasteiger partial charge on any atom is -0.392 e. The van der Waals surface area contributed by atoms with Gasteiger partial charge in [0.2, 0.25) is 0 Å². The summed E-state index contributed by atoms with van der Waals surface area (Å²) in [5.41, 5.74) is 8.02. The van der Waals surface area contributed by atoms with Crippen LogP contribution in [-0.2, 0) is 13.2 Å². The number of aliphatic hydroxyl groups excluding tert-OH is 1. The normalized spacial score (nSPS) is 21.6. The molecular formula is C13H21N3O. The van der Waals surface area contributed by atoms with Crippen LogP contribution in [0.3, 0.4) is 0 Å². The standard InChI is InChI=1S/C13H21N3O/c14-7-13-8-15-5-6-16(13)9-11-1-3-12(10-17)4-2-11/h1-4,13,15,17H,5-10,14H2. The number of rotatable bonds is 4. The Labute approximate surface area is 102 Å². The maximum Gasteiger partial charge on any atom is 0.0681 e. The molecule has 4 heteroatoms. The molecule has 1 unspecified atom stereocenters. The van der Waals surface area contributed by atoms with Crippen LogP contribution in [0.5, 0.6) is 0 Å². The molecule has 1 aromatic carbocycles. The minimum atomic E-state index is 0.110. The first kappa shape index (κ1) is 12.5. The van der Waals surface area contributed by atoms with Gasteiger partial charge in [-0.1, -0.05) is 24.3 Å². The van der Waals surface area contributed by atoms with Crippen molar-refractivity contribution in [3.8, 4) is 0 Å². The summed E-state index contributed by atoms with van der Waals surface area (Å²) in [6.45, 7) is 4.80. The van der Waals surface area contributed by atoms with Gasteiger partial charge in [-0.15, -0.1) is 0 Å². The molecule has 1 aromatic rings. The SMILES string of the molecule is NCC1CNCCN1Cc1ccc(CO)cc1. The largest absolute Gasteiger partial charge is 0.392 e. The van der Waals surface area contributed by atoms with E-state index in [-0.39, 0.29) is 6.61 Å². The van der Waals surface area contributed by atoms with E-state index in [9.17, 15) is 0 Å². The first-order chi connectivity index (χ1) is 8.33. The van der Waals surface area contributed by atoms with Crippen molar-refractivity contribution in [2.45, 2.75) is 19.2 Å². The summed E-state index contributed by atoms with van der Waals surface area (Å²) in [4.78, 5) is 2.42. The monoisotopic (exact) mass is 235 g/mol. The molecule has 17 heavy (non-hydrogen) atoms. The fourth-order valence-corrected chi connectivity index (χ4v) is 2.23. The summed E-state index contributed by atoms with van der Waals surface area (Å²) in [6, 6.07) is 8.56. The van der Waals surface area contributed by atoms with E-state index >= 15 is 0 Å². The van der Waals surface area contributed by atoms with Crippen LogP contribution in [0.2, 0.25) is 0 Å². The van der Waals surface area contributed by atoms with Gasteiger partial charge in [0.15, 0.2) is 0 Å². The van der Waals surface area contributed by atoms with Crippen LogP contribution in [0, 0.1) is 0 Å². The quantitative estimate of drug-likeness (QED) is 0.683. The van der Waals surface area contributed by atoms with E-state index in [0.717, 1.165) is 31.7 Å². The number of nitrogens with zero attached hydrogens (tertiary/aromatic N) is 1. The zero-order valence-corrected chi connectivity index (χ0v) is 10.1. The van der Waals surface area contributed by atoms with E-state index in [2.05, 4.69) is 22.3 Å². The number of benzene rings is 1. The van der Waals surface area contributed by atoms with Gasteiger partial charge in [0, 0.05) is 38.8 Å². The zero-order valence-electron chi connectivity index (χ0n) is 10.1. The van der Waals surface area contributed by atoms with E-state index in [1.165, 1.54) is 5.56 Å². The second-order valence-corrected chi connectivity index (χ2v) is 4.54. The third-order valence-electron chi connectivity index (χ3n) is 3.34. The van der Waals surface area contributed by atoms with Crippen LogP contribution in [-0.4, -0.2) is 42.2 Å². The van der Waals surface area contributed by atoms with Crippen molar-refractivity contribution in [1.82, 2.24) is 10.2 Å². The van der Waals surface area contributed by atoms with E-state index in [0.29, 0.717) is 12.6 Å². The summed E-state index contributed by atoms with van der Waals surface area (Å²) >= 11 is 0. The van der Waals surface area contributed by atoms with Gasteiger partial charge in [-0.3, -0.25) is 4.90 Å². The molecule has 2 rings (SSSR count). The van der Waals surface area contributed by atoms with Crippen molar-refractivity contribution in [2.24, 2.45) is 5.73 Å². The van der Waals surface area contributed by atoms with Crippen LogP contribution in [0.15, 0.2) is 24.3 Å². The fraction of sp³-hybridized carbons (Fsp3) is 0.538. The van der Waals surface area contributed by atoms with Gasteiger partial charge in [-0.05, 0) is 11.1 Å². The molecule has 0 amide bonds. The lowest BCUT2D eigenvalue weighted by molar-refractivity contribution is 0.158. The lowest BCUT2D eigenvalue weighted by Gasteiger charge is -2.35. The Hall–Kier alpha value is -0.940. The number of nitrogens with two attached hydrogens (primary N) is 1. The van der Waals surface area contributed by atoms with Crippen molar-refractivity contribution < 1.29 is 5.11 Å². The molecular weight excluding hydrogens is 214 g/mol. The Morgan fingerprint density at radius 2 is 2.00 bits per heavy atom. The zero-order chi connectivity index (χ0) is 12.1. The second kappa shape index (κ2) is 6.12. The van der Waals surface area contributed by atoms with Crippen molar-refractivity contribution in [3.05, 3.63) is 35.4 Å². The lowest BCUT2D eigenvalue weighted by atomic mass is 10.1. The number of aliphatic hydroxyl groups is 1. The maximum absolute atomic E-state index is 8.99. The van der Waals surface area contributed by atoms with Crippen LogP contribution in [0.1, 0.15) is 11.1 Å². The summed E-state index contributed by atoms with van der Waals surface area (Å²) < 4.78 is 0. The molecule has 1 atom stereocenters. The number of nitrogens with one attached hydrogen (secondary N) is 1.